The van der Waals surface area contributed by atoms with Gasteiger partial charge >= 0.3 is 0 Å². The van der Waals surface area contributed by atoms with Crippen molar-refractivity contribution < 1.29 is 37.2 Å². The molecule has 9 heteroatoms. The van der Waals surface area contributed by atoms with Crippen LogP contribution in [0.5, 0.6) is 0 Å². The molecule has 0 bridgehead atoms. The predicted molar refractivity (Wildman–Crippen MR) is 57.7 cm³/mol. The predicted octanol–water partition coefficient (Wildman–Crippen LogP) is -2.08. The van der Waals surface area contributed by atoms with E-state index in [1.54, 1.807) is 0 Å². The van der Waals surface area contributed by atoms with Gasteiger partial charge in [0.25, 0.3) is 16.3 Å². The molecule has 0 radical (unpaired) electrons. The minimum absolute atomic E-state index is 0.281. The SMILES string of the molecule is C[N+](C)(C)CCO.O=C([O-])OCCS(=O)(=O)O. The highest BCUT2D eigenvalue weighted by Gasteiger charge is 2.02. The molecular formula is C8H19NO7S. The molecule has 2 N–H and O–H groups in total. The van der Waals surface area contributed by atoms with Crippen molar-refractivity contribution in [3.8, 4) is 0 Å². The van der Waals surface area contributed by atoms with E-state index in [2.05, 4.69) is 25.9 Å². The number of quaternary nitrogens is 1. The number of carbonyl (C=O) groups is 1. The molecule has 17 heavy (non-hydrogen) atoms. The standard InChI is InChI=1S/C5H14NO.C3H6O6S/c1-6(2,3)4-5-7;4-3(5)9-1-2-10(6,7)8/h7H,4-5H2,1-3H3;1-2H2,(H,4,5)(H,6,7,8)/q+1;/p-1. The van der Waals surface area contributed by atoms with Crippen LogP contribution in [-0.4, -0.2) is 75.4 Å². The number of rotatable bonds is 5. The molecule has 8 nitrogen and oxygen atoms in total. The number of aliphatic hydroxyl groups is 1. The molecule has 0 saturated carbocycles. The van der Waals surface area contributed by atoms with Gasteiger partial charge in [-0.15, -0.1) is 0 Å². The number of hydrogen-bond donors (Lipinski definition) is 2. The number of carboxylic acid groups (broad SMARTS) is 1. The Bertz CT molecular complexity index is 306. The van der Waals surface area contributed by atoms with Crippen molar-refractivity contribution in [2.75, 3.05) is 46.7 Å². The summed E-state index contributed by atoms with van der Waals surface area (Å²) in [5.74, 6) is -0.749. The van der Waals surface area contributed by atoms with E-state index in [0.29, 0.717) is 0 Å². The van der Waals surface area contributed by atoms with Crippen LogP contribution < -0.4 is 5.11 Å². The smallest absolute Gasteiger partial charge is 0.266 e. The lowest BCUT2D eigenvalue weighted by molar-refractivity contribution is -0.870. The van der Waals surface area contributed by atoms with Crippen LogP contribution in [-0.2, 0) is 14.9 Å². The first-order chi connectivity index (χ1) is 7.48. The van der Waals surface area contributed by atoms with Gasteiger partial charge in [-0.2, -0.15) is 8.42 Å². The van der Waals surface area contributed by atoms with E-state index >= 15 is 0 Å². The average Bonchev–Trinajstić information content (AvgIpc) is 1.98. The molecule has 0 fully saturated rings. The largest absolute Gasteiger partial charge is 0.548 e. The lowest BCUT2D eigenvalue weighted by atomic mass is 10.5. The molecular weight excluding hydrogens is 254 g/mol. The minimum Gasteiger partial charge on any atom is -0.548 e. The molecule has 0 atom stereocenters. The minimum atomic E-state index is -4.14. The van der Waals surface area contributed by atoms with Crippen molar-refractivity contribution in [3.63, 3.8) is 0 Å². The van der Waals surface area contributed by atoms with E-state index in [9.17, 15) is 18.3 Å². The normalized spacial score (nSPS) is 11.4. The van der Waals surface area contributed by atoms with Gasteiger partial charge in [-0.05, 0) is 0 Å². The fraction of sp³-hybridized carbons (Fsp3) is 0.875. The van der Waals surface area contributed by atoms with Crippen LogP contribution in [0, 0.1) is 0 Å². The zero-order valence-electron chi connectivity index (χ0n) is 10.1. The average molecular weight is 273 g/mol. The summed E-state index contributed by atoms with van der Waals surface area (Å²) in [5.41, 5.74) is 0. The summed E-state index contributed by atoms with van der Waals surface area (Å²) in [7, 11) is 2.02. The molecule has 0 spiro atoms. The second kappa shape index (κ2) is 8.23. The molecule has 0 aliphatic rings. The third kappa shape index (κ3) is 25.4. The van der Waals surface area contributed by atoms with Crippen molar-refractivity contribution in [1.29, 1.82) is 0 Å². The molecule has 0 amide bonds. The lowest BCUT2D eigenvalue weighted by Gasteiger charge is -2.21. The highest BCUT2D eigenvalue weighted by Crippen LogP contribution is 1.84. The van der Waals surface area contributed by atoms with Crippen molar-refractivity contribution >= 4 is 16.3 Å². The maximum atomic E-state index is 9.87. The van der Waals surface area contributed by atoms with Crippen LogP contribution >= 0.6 is 0 Å². The van der Waals surface area contributed by atoms with Gasteiger partial charge in [-0.1, -0.05) is 0 Å². The zero-order valence-corrected chi connectivity index (χ0v) is 10.9. The molecule has 0 aromatic rings. The van der Waals surface area contributed by atoms with E-state index in [1.165, 1.54) is 0 Å². The fourth-order valence-electron chi connectivity index (χ4n) is 0.530. The van der Waals surface area contributed by atoms with Crippen molar-refractivity contribution in [2.45, 2.75) is 0 Å². The molecule has 0 aromatic heterocycles. The Morgan fingerprint density at radius 3 is 2.00 bits per heavy atom. The van der Waals surface area contributed by atoms with Crippen LogP contribution in [0.1, 0.15) is 0 Å². The van der Waals surface area contributed by atoms with Gasteiger partial charge in [0, 0.05) is 6.61 Å². The molecule has 0 saturated heterocycles. The maximum absolute atomic E-state index is 9.87. The molecule has 0 unspecified atom stereocenters. The summed E-state index contributed by atoms with van der Waals surface area (Å²) in [4.78, 5) is 9.48. The first kappa shape index (κ1) is 18.5. The van der Waals surface area contributed by atoms with Gasteiger partial charge in [-0.3, -0.25) is 4.55 Å². The van der Waals surface area contributed by atoms with Gasteiger partial charge in [0.15, 0.2) is 0 Å². The summed E-state index contributed by atoms with van der Waals surface area (Å²) in [5, 5.41) is 17.9. The van der Waals surface area contributed by atoms with Gasteiger partial charge < -0.3 is 24.2 Å². The van der Waals surface area contributed by atoms with Gasteiger partial charge in [-0.25, -0.2) is 0 Å². The Labute approximate surface area is 101 Å². The summed E-state index contributed by atoms with van der Waals surface area (Å²) in [6.07, 6.45) is -1.82. The molecule has 0 heterocycles. The summed E-state index contributed by atoms with van der Waals surface area (Å²) in [6, 6.07) is 0. The van der Waals surface area contributed by atoms with E-state index in [-0.39, 0.29) is 6.61 Å². The third-order valence-electron chi connectivity index (χ3n) is 1.33. The number of aliphatic hydroxyl groups excluding tert-OH is 1. The van der Waals surface area contributed by atoms with Gasteiger partial charge in [0.2, 0.25) is 0 Å². The van der Waals surface area contributed by atoms with E-state index in [4.69, 9.17) is 9.66 Å². The van der Waals surface area contributed by atoms with E-state index in [1.807, 2.05) is 0 Å². The summed E-state index contributed by atoms with van der Waals surface area (Å²) in [6.45, 7) is 0.505. The molecule has 0 aliphatic heterocycles. The van der Waals surface area contributed by atoms with Gasteiger partial charge in [0.05, 0.1) is 33.5 Å². The number of likely N-dealkylation sites (N-methyl/N-ethyl adjacent to an activating group) is 1. The number of ether oxygens (including phenoxy) is 1. The second-order valence-electron chi connectivity index (χ2n) is 4.12. The number of hydrogen-bond acceptors (Lipinski definition) is 6. The van der Waals surface area contributed by atoms with Crippen LogP contribution in [0.3, 0.4) is 0 Å². The molecule has 0 rings (SSSR count). The Balaban J connectivity index is 0. The summed E-state index contributed by atoms with van der Waals surface area (Å²) < 4.78 is 32.3. The van der Waals surface area contributed by atoms with Gasteiger partial charge in [0.1, 0.15) is 6.54 Å². The van der Waals surface area contributed by atoms with Crippen LogP contribution in [0.25, 0.3) is 0 Å². The molecule has 104 valence electrons. The van der Waals surface area contributed by atoms with Crippen LogP contribution in [0.2, 0.25) is 0 Å². The Hall–Kier alpha value is -0.900. The Kier molecular flexibility index (Phi) is 8.94. The molecule has 0 aromatic carbocycles. The number of nitrogens with zero attached hydrogens (tertiary/aromatic N) is 1. The first-order valence-corrected chi connectivity index (χ1v) is 6.29. The van der Waals surface area contributed by atoms with Crippen molar-refractivity contribution in [3.05, 3.63) is 0 Å². The van der Waals surface area contributed by atoms with E-state index in [0.717, 1.165) is 11.0 Å². The monoisotopic (exact) mass is 273 g/mol. The number of carbonyl (C=O) groups excluding carboxylic acids is 1. The maximum Gasteiger partial charge on any atom is 0.266 e. The second-order valence-corrected chi connectivity index (χ2v) is 5.69. The molecule has 0 aliphatic carbocycles. The first-order valence-electron chi connectivity index (χ1n) is 4.68. The quantitative estimate of drug-likeness (QED) is 0.334. The summed E-state index contributed by atoms with van der Waals surface area (Å²) >= 11 is 0. The van der Waals surface area contributed by atoms with Crippen molar-refractivity contribution in [1.82, 2.24) is 0 Å². The lowest BCUT2D eigenvalue weighted by Crippen LogP contribution is -2.36. The highest BCUT2D eigenvalue weighted by molar-refractivity contribution is 7.85. The van der Waals surface area contributed by atoms with Crippen LogP contribution in [0.15, 0.2) is 0 Å². The fourth-order valence-corrected chi connectivity index (χ4v) is 0.824. The topological polar surface area (TPSA) is 124 Å². The third-order valence-corrected chi connectivity index (χ3v) is 2.01. The Morgan fingerprint density at radius 1 is 1.35 bits per heavy atom. The highest BCUT2D eigenvalue weighted by atomic mass is 32.2. The zero-order chi connectivity index (χ0) is 14.1. The van der Waals surface area contributed by atoms with Crippen molar-refractivity contribution in [2.24, 2.45) is 0 Å². The Morgan fingerprint density at radius 2 is 1.82 bits per heavy atom. The van der Waals surface area contributed by atoms with Crippen LogP contribution in [0.4, 0.5) is 4.79 Å². The van der Waals surface area contributed by atoms with E-state index < -0.39 is 28.6 Å².